The van der Waals surface area contributed by atoms with Crippen LogP contribution in [0.1, 0.15) is 43.1 Å². The minimum absolute atomic E-state index is 0.528. The molecule has 0 saturated carbocycles. The topological polar surface area (TPSA) is 60.9 Å². The zero-order valence-electron chi connectivity index (χ0n) is 12.6. The highest BCUT2D eigenvalue weighted by Crippen LogP contribution is 2.16. The molecule has 112 valence electrons. The van der Waals surface area contributed by atoms with Crippen molar-refractivity contribution in [2.75, 3.05) is 0 Å². The molecule has 0 aliphatic rings. The number of benzene rings is 1. The van der Waals surface area contributed by atoms with E-state index in [2.05, 4.69) is 13.0 Å². The zero-order chi connectivity index (χ0) is 15.1. The highest BCUT2D eigenvalue weighted by atomic mass is 16.1. The van der Waals surface area contributed by atoms with Crippen LogP contribution in [0.4, 0.5) is 0 Å². The van der Waals surface area contributed by atoms with Crippen molar-refractivity contribution in [1.29, 1.82) is 0 Å². The van der Waals surface area contributed by atoms with Gasteiger partial charge >= 0.3 is 0 Å². The van der Waals surface area contributed by atoms with Crippen molar-refractivity contribution in [2.24, 2.45) is 5.73 Å². The number of carbonyl (C=O) groups is 1. The molecule has 21 heavy (non-hydrogen) atoms. The summed E-state index contributed by atoms with van der Waals surface area (Å²) in [5.74, 6) is 0. The van der Waals surface area contributed by atoms with Gasteiger partial charge in [0, 0.05) is 18.7 Å². The molecule has 1 aromatic carbocycles. The fraction of sp³-hybridized carbons (Fsp3) is 0.412. The number of aromatic nitrogens is 2. The lowest BCUT2D eigenvalue weighted by Crippen LogP contribution is -2.04. The minimum Gasteiger partial charge on any atom is -0.326 e. The van der Waals surface area contributed by atoms with Gasteiger partial charge in [-0.05, 0) is 43.0 Å². The maximum Gasteiger partial charge on any atom is 0.120 e. The number of carbonyl (C=O) groups excluding carboxylic acids is 1. The minimum atomic E-state index is 0.528. The zero-order valence-corrected chi connectivity index (χ0v) is 12.6. The second-order valence-corrected chi connectivity index (χ2v) is 5.22. The summed E-state index contributed by atoms with van der Waals surface area (Å²) in [4.78, 5) is 10.6. The van der Waals surface area contributed by atoms with Gasteiger partial charge in [0.15, 0.2) is 0 Å². The van der Waals surface area contributed by atoms with Crippen LogP contribution in [0.15, 0.2) is 30.3 Å². The average molecular weight is 285 g/mol. The van der Waals surface area contributed by atoms with E-state index in [1.54, 1.807) is 0 Å². The Morgan fingerprint density at radius 2 is 2.00 bits per heavy atom. The molecule has 2 rings (SSSR count). The first kappa shape index (κ1) is 15.4. The normalized spacial score (nSPS) is 10.8. The number of unbranched alkanes of at least 4 members (excludes halogenated alkanes) is 1. The molecule has 0 atom stereocenters. The molecule has 0 saturated heterocycles. The number of nitrogens with two attached hydrogens (primary N) is 1. The first-order chi connectivity index (χ1) is 10.3. The van der Waals surface area contributed by atoms with Gasteiger partial charge in [-0.3, -0.25) is 0 Å². The molecular formula is C17H23N3O. The third-order valence-corrected chi connectivity index (χ3v) is 3.56. The molecule has 4 nitrogen and oxygen atoms in total. The molecule has 0 fully saturated rings. The van der Waals surface area contributed by atoms with Crippen LogP contribution in [-0.4, -0.2) is 16.1 Å². The fourth-order valence-electron chi connectivity index (χ4n) is 2.34. The Hall–Kier alpha value is -1.94. The fourth-order valence-corrected chi connectivity index (χ4v) is 2.34. The predicted octanol–water partition coefficient (Wildman–Crippen LogP) is 2.81. The van der Waals surface area contributed by atoms with Gasteiger partial charge in [0.2, 0.25) is 0 Å². The molecule has 2 aromatic rings. The van der Waals surface area contributed by atoms with Crippen LogP contribution in [0.2, 0.25) is 0 Å². The summed E-state index contributed by atoms with van der Waals surface area (Å²) in [6.07, 6.45) is 5.48. The van der Waals surface area contributed by atoms with Gasteiger partial charge in [-0.15, -0.1) is 0 Å². The Balaban J connectivity index is 2.28. The van der Waals surface area contributed by atoms with Crippen molar-refractivity contribution in [3.63, 3.8) is 0 Å². The maximum absolute atomic E-state index is 10.6. The van der Waals surface area contributed by atoms with Crippen molar-refractivity contribution < 1.29 is 4.79 Å². The van der Waals surface area contributed by atoms with Crippen LogP contribution in [0.3, 0.4) is 0 Å². The number of aldehydes is 1. The molecule has 0 amide bonds. The average Bonchev–Trinajstić information content (AvgIpc) is 2.94. The van der Waals surface area contributed by atoms with E-state index < -0.39 is 0 Å². The van der Waals surface area contributed by atoms with Crippen molar-refractivity contribution >= 4 is 6.29 Å². The molecule has 0 aliphatic carbocycles. The number of hydrogen-bond donors (Lipinski definition) is 1. The number of nitrogens with zero attached hydrogens (tertiary/aromatic N) is 2. The van der Waals surface area contributed by atoms with E-state index in [1.165, 1.54) is 0 Å². The molecule has 0 bridgehead atoms. The molecular weight excluding hydrogens is 262 g/mol. The van der Waals surface area contributed by atoms with Crippen LogP contribution in [0, 0.1) is 0 Å². The Morgan fingerprint density at radius 3 is 2.62 bits per heavy atom. The van der Waals surface area contributed by atoms with Crippen LogP contribution < -0.4 is 5.73 Å². The molecule has 1 heterocycles. The third kappa shape index (κ3) is 4.02. The van der Waals surface area contributed by atoms with Gasteiger partial charge in [0.05, 0.1) is 11.4 Å². The van der Waals surface area contributed by atoms with Crippen LogP contribution in [0.5, 0.6) is 0 Å². The van der Waals surface area contributed by atoms with Gasteiger partial charge in [0.25, 0.3) is 0 Å². The van der Waals surface area contributed by atoms with Crippen molar-refractivity contribution in [1.82, 2.24) is 9.78 Å². The second-order valence-electron chi connectivity index (χ2n) is 5.22. The van der Waals surface area contributed by atoms with Crippen LogP contribution >= 0.6 is 0 Å². The smallest absolute Gasteiger partial charge is 0.120 e. The van der Waals surface area contributed by atoms with Crippen LogP contribution in [0.25, 0.3) is 5.69 Å². The largest absolute Gasteiger partial charge is 0.326 e. The van der Waals surface area contributed by atoms with Crippen molar-refractivity contribution in [2.45, 2.75) is 45.6 Å². The third-order valence-electron chi connectivity index (χ3n) is 3.56. The Bertz CT molecular complexity index is 572. The molecule has 1 aromatic heterocycles. The summed E-state index contributed by atoms with van der Waals surface area (Å²) in [7, 11) is 0. The van der Waals surface area contributed by atoms with Gasteiger partial charge in [-0.1, -0.05) is 25.5 Å². The van der Waals surface area contributed by atoms with Gasteiger partial charge in [-0.2, -0.15) is 5.10 Å². The van der Waals surface area contributed by atoms with E-state index in [4.69, 9.17) is 10.8 Å². The summed E-state index contributed by atoms with van der Waals surface area (Å²) >= 11 is 0. The number of rotatable bonds is 8. The van der Waals surface area contributed by atoms with E-state index >= 15 is 0 Å². The summed E-state index contributed by atoms with van der Waals surface area (Å²) in [6, 6.07) is 10.2. The van der Waals surface area contributed by atoms with E-state index in [0.717, 1.165) is 54.6 Å². The van der Waals surface area contributed by atoms with Gasteiger partial charge in [0.1, 0.15) is 6.29 Å². The van der Waals surface area contributed by atoms with Gasteiger partial charge < -0.3 is 10.5 Å². The summed E-state index contributed by atoms with van der Waals surface area (Å²) in [5.41, 5.74) is 9.95. The van der Waals surface area contributed by atoms with E-state index in [1.807, 2.05) is 28.9 Å². The monoisotopic (exact) mass is 285 g/mol. The van der Waals surface area contributed by atoms with Crippen molar-refractivity contribution in [3.05, 3.63) is 47.3 Å². The summed E-state index contributed by atoms with van der Waals surface area (Å²) < 4.78 is 1.95. The van der Waals surface area contributed by atoms with Crippen LogP contribution in [-0.2, 0) is 24.2 Å². The molecule has 4 heteroatoms. The summed E-state index contributed by atoms with van der Waals surface area (Å²) in [6.45, 7) is 2.72. The maximum atomic E-state index is 10.6. The first-order valence-electron chi connectivity index (χ1n) is 7.59. The lowest BCUT2D eigenvalue weighted by atomic mass is 10.1. The molecule has 0 unspecified atom stereocenters. The first-order valence-corrected chi connectivity index (χ1v) is 7.59. The van der Waals surface area contributed by atoms with Crippen molar-refractivity contribution in [3.8, 4) is 5.69 Å². The van der Waals surface area contributed by atoms with E-state index in [0.29, 0.717) is 13.0 Å². The number of aryl methyl sites for hydroxylation is 2. The van der Waals surface area contributed by atoms with E-state index in [-0.39, 0.29) is 0 Å². The second kappa shape index (κ2) is 7.74. The molecule has 0 radical (unpaired) electrons. The molecule has 2 N–H and O–H groups in total. The predicted molar refractivity (Wildman–Crippen MR) is 84.5 cm³/mol. The quantitative estimate of drug-likeness (QED) is 0.759. The van der Waals surface area contributed by atoms with Gasteiger partial charge in [-0.25, -0.2) is 4.68 Å². The standard InChI is InChI=1S/C17H23N3O/c1-2-3-5-15-12-17(6-4-11-21)20(19-15)16-9-7-14(13-18)8-10-16/h7-12H,2-6,13,18H2,1H3. The SMILES string of the molecule is CCCCc1cc(CCC=O)n(-c2ccc(CN)cc2)n1. The Kier molecular flexibility index (Phi) is 5.69. The Labute approximate surface area is 126 Å². The lowest BCUT2D eigenvalue weighted by molar-refractivity contribution is -0.107. The van der Waals surface area contributed by atoms with E-state index in [9.17, 15) is 4.79 Å². The summed E-state index contributed by atoms with van der Waals surface area (Å²) in [5, 5.41) is 4.70. The highest BCUT2D eigenvalue weighted by molar-refractivity contribution is 5.50. The molecule has 0 aliphatic heterocycles. The number of hydrogen-bond acceptors (Lipinski definition) is 3. The highest BCUT2D eigenvalue weighted by Gasteiger charge is 2.09. The molecule has 0 spiro atoms. The lowest BCUT2D eigenvalue weighted by Gasteiger charge is -2.07. The Morgan fingerprint density at radius 1 is 1.24 bits per heavy atom.